The molecule has 0 bridgehead atoms. The molecule has 0 N–H and O–H groups in total. The van der Waals surface area contributed by atoms with E-state index in [0.717, 1.165) is 11.3 Å². The zero-order valence-electron chi connectivity index (χ0n) is 13.0. The monoisotopic (exact) mass is 326 g/mol. The van der Waals surface area contributed by atoms with E-state index in [2.05, 4.69) is 0 Å². The normalized spacial score (nSPS) is 17.9. The number of carbonyl (C=O) groups excluding carboxylic acids is 1. The van der Waals surface area contributed by atoms with E-state index >= 15 is 0 Å². The minimum absolute atomic E-state index is 0.00452. The van der Waals surface area contributed by atoms with Crippen molar-refractivity contribution >= 4 is 15.7 Å². The molecule has 0 radical (unpaired) electrons. The fourth-order valence-corrected chi connectivity index (χ4v) is 3.59. The van der Waals surface area contributed by atoms with Crippen molar-refractivity contribution in [3.8, 4) is 5.75 Å². The molecule has 6 nitrogen and oxygen atoms in total. The summed E-state index contributed by atoms with van der Waals surface area (Å²) in [6, 6.07) is 7.58. The SMILES string of the molecule is COc1ccc(CN(C)C(=O)CN2CCS(=O)(=O)CC2)cc1. The Kier molecular flexibility index (Phi) is 5.42. The Balaban J connectivity index is 1.84. The predicted octanol–water partition coefficient (Wildman–Crippen LogP) is 0.384. The van der Waals surface area contributed by atoms with Gasteiger partial charge in [0, 0.05) is 26.7 Å². The van der Waals surface area contributed by atoms with Crippen molar-refractivity contribution in [2.75, 3.05) is 45.3 Å². The van der Waals surface area contributed by atoms with Gasteiger partial charge in [0.05, 0.1) is 25.2 Å². The van der Waals surface area contributed by atoms with Crippen LogP contribution >= 0.6 is 0 Å². The first-order chi connectivity index (χ1) is 10.4. The third-order valence-electron chi connectivity index (χ3n) is 3.80. The van der Waals surface area contributed by atoms with Crippen LogP contribution in [0.2, 0.25) is 0 Å². The van der Waals surface area contributed by atoms with Gasteiger partial charge in [0.25, 0.3) is 0 Å². The van der Waals surface area contributed by atoms with E-state index in [1.54, 1.807) is 19.1 Å². The molecule has 0 aliphatic carbocycles. The van der Waals surface area contributed by atoms with Crippen LogP contribution in [-0.4, -0.2) is 69.4 Å². The average molecular weight is 326 g/mol. The second kappa shape index (κ2) is 7.11. The third-order valence-corrected chi connectivity index (χ3v) is 5.41. The van der Waals surface area contributed by atoms with Gasteiger partial charge in [0.2, 0.25) is 5.91 Å². The summed E-state index contributed by atoms with van der Waals surface area (Å²) in [4.78, 5) is 15.8. The lowest BCUT2D eigenvalue weighted by atomic mass is 10.2. The lowest BCUT2D eigenvalue weighted by Crippen LogP contribution is -2.45. The Labute approximate surface area is 131 Å². The van der Waals surface area contributed by atoms with Crippen LogP contribution in [0.25, 0.3) is 0 Å². The van der Waals surface area contributed by atoms with Crippen LogP contribution < -0.4 is 4.74 Å². The van der Waals surface area contributed by atoms with Gasteiger partial charge in [0.15, 0.2) is 9.84 Å². The van der Waals surface area contributed by atoms with Crippen LogP contribution in [0, 0.1) is 0 Å². The highest BCUT2D eigenvalue weighted by Gasteiger charge is 2.23. The number of rotatable bonds is 5. The summed E-state index contributed by atoms with van der Waals surface area (Å²) < 4.78 is 27.9. The zero-order chi connectivity index (χ0) is 16.2. The van der Waals surface area contributed by atoms with E-state index in [9.17, 15) is 13.2 Å². The fourth-order valence-electron chi connectivity index (χ4n) is 2.31. The Hall–Kier alpha value is -1.60. The second-order valence-electron chi connectivity index (χ2n) is 5.53. The molecule has 122 valence electrons. The van der Waals surface area contributed by atoms with E-state index in [4.69, 9.17) is 4.74 Å². The summed E-state index contributed by atoms with van der Waals surface area (Å²) in [6.45, 7) is 1.66. The summed E-state index contributed by atoms with van der Waals surface area (Å²) in [5.41, 5.74) is 1.03. The van der Waals surface area contributed by atoms with Crippen LogP contribution in [0.15, 0.2) is 24.3 Å². The first-order valence-electron chi connectivity index (χ1n) is 7.19. The molecule has 0 unspecified atom stereocenters. The summed E-state index contributed by atoms with van der Waals surface area (Å²) in [7, 11) is 0.466. The van der Waals surface area contributed by atoms with Gasteiger partial charge in [-0.3, -0.25) is 9.69 Å². The van der Waals surface area contributed by atoms with Crippen molar-refractivity contribution in [3.63, 3.8) is 0 Å². The summed E-state index contributed by atoms with van der Waals surface area (Å²) in [5, 5.41) is 0. The van der Waals surface area contributed by atoms with Gasteiger partial charge in [-0.25, -0.2) is 8.42 Å². The van der Waals surface area contributed by atoms with Gasteiger partial charge in [-0.1, -0.05) is 12.1 Å². The summed E-state index contributed by atoms with van der Waals surface area (Å²) in [6.07, 6.45) is 0. The molecule has 1 aromatic rings. The zero-order valence-corrected chi connectivity index (χ0v) is 13.8. The lowest BCUT2D eigenvalue weighted by Gasteiger charge is -2.28. The van der Waals surface area contributed by atoms with Gasteiger partial charge in [-0.05, 0) is 17.7 Å². The number of benzene rings is 1. The molecule has 0 saturated carbocycles. The van der Waals surface area contributed by atoms with Crippen molar-refractivity contribution in [1.29, 1.82) is 0 Å². The number of carbonyl (C=O) groups is 1. The van der Waals surface area contributed by atoms with Gasteiger partial charge >= 0.3 is 0 Å². The van der Waals surface area contributed by atoms with Crippen molar-refractivity contribution in [3.05, 3.63) is 29.8 Å². The van der Waals surface area contributed by atoms with Crippen LogP contribution in [0.3, 0.4) is 0 Å². The number of likely N-dealkylation sites (N-methyl/N-ethyl adjacent to an activating group) is 1. The maximum absolute atomic E-state index is 12.2. The topological polar surface area (TPSA) is 66.9 Å². The number of sulfone groups is 1. The highest BCUT2D eigenvalue weighted by molar-refractivity contribution is 7.91. The minimum Gasteiger partial charge on any atom is -0.497 e. The smallest absolute Gasteiger partial charge is 0.236 e. The molecular formula is C15H22N2O4S. The molecule has 0 spiro atoms. The Bertz CT molecular complexity index is 599. The molecule has 1 aliphatic heterocycles. The molecule has 1 aliphatic rings. The Morgan fingerprint density at radius 1 is 1.23 bits per heavy atom. The standard InChI is InChI=1S/C15H22N2O4S/c1-16(11-13-3-5-14(21-2)6-4-13)15(18)12-17-7-9-22(19,20)10-8-17/h3-6H,7-12H2,1-2H3. The molecular weight excluding hydrogens is 304 g/mol. The van der Waals surface area contributed by atoms with Gasteiger partial charge in [0.1, 0.15) is 5.75 Å². The fraction of sp³-hybridized carbons (Fsp3) is 0.533. The van der Waals surface area contributed by atoms with Gasteiger partial charge in [-0.15, -0.1) is 0 Å². The summed E-state index contributed by atoms with van der Waals surface area (Å²) >= 11 is 0. The predicted molar refractivity (Wildman–Crippen MR) is 84.6 cm³/mol. The molecule has 1 saturated heterocycles. The highest BCUT2D eigenvalue weighted by atomic mass is 32.2. The third kappa shape index (κ3) is 4.71. The highest BCUT2D eigenvalue weighted by Crippen LogP contribution is 2.13. The first-order valence-corrected chi connectivity index (χ1v) is 9.01. The second-order valence-corrected chi connectivity index (χ2v) is 7.83. The van der Waals surface area contributed by atoms with E-state index in [-0.39, 0.29) is 24.0 Å². The molecule has 1 amide bonds. The van der Waals surface area contributed by atoms with Crippen LogP contribution in [0.4, 0.5) is 0 Å². The quantitative estimate of drug-likeness (QED) is 0.783. The number of amides is 1. The van der Waals surface area contributed by atoms with E-state index in [1.807, 2.05) is 29.2 Å². The Morgan fingerprint density at radius 2 is 1.82 bits per heavy atom. The van der Waals surface area contributed by atoms with Gasteiger partial charge < -0.3 is 9.64 Å². The number of nitrogens with zero attached hydrogens (tertiary/aromatic N) is 2. The molecule has 7 heteroatoms. The van der Waals surface area contributed by atoms with E-state index in [0.29, 0.717) is 19.6 Å². The van der Waals surface area contributed by atoms with Crippen LogP contribution in [0.5, 0.6) is 5.75 Å². The Morgan fingerprint density at radius 3 is 2.36 bits per heavy atom. The first kappa shape index (κ1) is 16.8. The van der Waals surface area contributed by atoms with Crippen LogP contribution in [-0.2, 0) is 21.2 Å². The largest absolute Gasteiger partial charge is 0.497 e. The maximum Gasteiger partial charge on any atom is 0.236 e. The number of hydrogen-bond acceptors (Lipinski definition) is 5. The average Bonchev–Trinajstić information content (AvgIpc) is 2.50. The van der Waals surface area contributed by atoms with Crippen molar-refractivity contribution in [2.24, 2.45) is 0 Å². The van der Waals surface area contributed by atoms with Crippen molar-refractivity contribution < 1.29 is 17.9 Å². The van der Waals surface area contributed by atoms with Crippen molar-refractivity contribution in [1.82, 2.24) is 9.80 Å². The molecule has 2 rings (SSSR count). The molecule has 1 aromatic carbocycles. The number of ether oxygens (including phenoxy) is 1. The van der Waals surface area contributed by atoms with Crippen molar-refractivity contribution in [2.45, 2.75) is 6.54 Å². The minimum atomic E-state index is -2.91. The summed E-state index contributed by atoms with van der Waals surface area (Å²) in [5.74, 6) is 1.06. The van der Waals surface area contributed by atoms with Crippen LogP contribution in [0.1, 0.15) is 5.56 Å². The van der Waals surface area contributed by atoms with Gasteiger partial charge in [-0.2, -0.15) is 0 Å². The van der Waals surface area contributed by atoms with E-state index in [1.165, 1.54) is 0 Å². The lowest BCUT2D eigenvalue weighted by molar-refractivity contribution is -0.131. The molecule has 22 heavy (non-hydrogen) atoms. The molecule has 0 aromatic heterocycles. The molecule has 1 fully saturated rings. The maximum atomic E-state index is 12.2. The number of hydrogen-bond donors (Lipinski definition) is 0. The molecule has 0 atom stereocenters. The number of methoxy groups -OCH3 is 1. The van der Waals surface area contributed by atoms with E-state index < -0.39 is 9.84 Å². The molecule has 1 heterocycles.